The van der Waals surface area contributed by atoms with Crippen LogP contribution in [0, 0.1) is 0 Å². The Labute approximate surface area is 137 Å². The summed E-state index contributed by atoms with van der Waals surface area (Å²) in [6.45, 7) is 1.46. The van der Waals surface area contributed by atoms with Crippen LogP contribution in [0.5, 0.6) is 0 Å². The molecule has 118 valence electrons. The first kappa shape index (κ1) is 15.5. The largest absolute Gasteiger partial charge is 0.331 e. The lowest BCUT2D eigenvalue weighted by Gasteiger charge is -2.09. The number of nitrogens with two attached hydrogens (primary N) is 1. The van der Waals surface area contributed by atoms with Gasteiger partial charge < -0.3 is 10.3 Å². The summed E-state index contributed by atoms with van der Waals surface area (Å²) in [6.07, 6.45) is 7.18. The lowest BCUT2D eigenvalue weighted by molar-refractivity contribution is 0.685. The molecule has 0 aliphatic rings. The van der Waals surface area contributed by atoms with Crippen LogP contribution in [-0.2, 0) is 25.9 Å². The van der Waals surface area contributed by atoms with Gasteiger partial charge in [-0.05, 0) is 29.5 Å². The van der Waals surface area contributed by atoms with Crippen LogP contribution in [0.2, 0.25) is 0 Å². The Hall–Kier alpha value is -2.39. The Kier molecular flexibility index (Phi) is 5.22. The Balaban J connectivity index is 1.58. The van der Waals surface area contributed by atoms with Crippen molar-refractivity contribution in [2.45, 2.75) is 32.4 Å². The molecule has 3 aromatic rings. The average Bonchev–Trinajstić information content (AvgIpc) is 3.04. The van der Waals surface area contributed by atoms with E-state index in [2.05, 4.69) is 70.3 Å². The van der Waals surface area contributed by atoms with Crippen molar-refractivity contribution in [3.05, 3.63) is 89.5 Å². The van der Waals surface area contributed by atoms with Gasteiger partial charge in [0.15, 0.2) is 0 Å². The molecule has 0 atom stereocenters. The van der Waals surface area contributed by atoms with Crippen LogP contribution in [0.1, 0.15) is 28.9 Å². The molecule has 0 aliphatic carbocycles. The first-order chi connectivity index (χ1) is 11.3. The van der Waals surface area contributed by atoms with Gasteiger partial charge in [0.25, 0.3) is 0 Å². The van der Waals surface area contributed by atoms with Crippen LogP contribution < -0.4 is 5.73 Å². The lowest BCUT2D eigenvalue weighted by Crippen LogP contribution is -2.05. The fraction of sp³-hybridized carbons (Fsp3) is 0.250. The minimum absolute atomic E-state index is 0.593. The van der Waals surface area contributed by atoms with E-state index >= 15 is 0 Å². The minimum Gasteiger partial charge on any atom is -0.331 e. The molecule has 0 amide bonds. The SMILES string of the molecule is NCc1ccc(Cn2ccnc2CCCc2ccccc2)cc1. The maximum absolute atomic E-state index is 5.65. The van der Waals surface area contributed by atoms with Gasteiger partial charge in [-0.3, -0.25) is 0 Å². The third-order valence-corrected chi connectivity index (χ3v) is 4.12. The normalized spacial score (nSPS) is 10.8. The molecule has 0 saturated heterocycles. The highest BCUT2D eigenvalue weighted by molar-refractivity contribution is 5.23. The molecule has 2 N–H and O–H groups in total. The topological polar surface area (TPSA) is 43.8 Å². The molecule has 23 heavy (non-hydrogen) atoms. The highest BCUT2D eigenvalue weighted by Crippen LogP contribution is 2.11. The van der Waals surface area contributed by atoms with Gasteiger partial charge in [-0.1, -0.05) is 54.6 Å². The zero-order valence-electron chi connectivity index (χ0n) is 13.4. The van der Waals surface area contributed by atoms with Gasteiger partial charge in [0.05, 0.1) is 0 Å². The van der Waals surface area contributed by atoms with Crippen LogP contribution in [0.3, 0.4) is 0 Å². The lowest BCUT2D eigenvalue weighted by atomic mass is 10.1. The third kappa shape index (κ3) is 4.30. The molecule has 0 unspecified atom stereocenters. The Morgan fingerprint density at radius 1 is 0.826 bits per heavy atom. The first-order valence-corrected chi connectivity index (χ1v) is 8.17. The molecule has 0 bridgehead atoms. The van der Waals surface area contributed by atoms with E-state index in [1.807, 2.05) is 6.20 Å². The van der Waals surface area contributed by atoms with Crippen molar-refractivity contribution in [3.8, 4) is 0 Å². The minimum atomic E-state index is 0.593. The number of hydrogen-bond acceptors (Lipinski definition) is 2. The maximum atomic E-state index is 5.65. The fourth-order valence-electron chi connectivity index (χ4n) is 2.78. The number of nitrogens with zero attached hydrogens (tertiary/aromatic N) is 2. The average molecular weight is 305 g/mol. The van der Waals surface area contributed by atoms with Gasteiger partial charge in [0, 0.05) is 31.9 Å². The summed E-state index contributed by atoms with van der Waals surface area (Å²) in [4.78, 5) is 4.52. The van der Waals surface area contributed by atoms with Crippen LogP contribution in [0.4, 0.5) is 0 Å². The van der Waals surface area contributed by atoms with Crippen molar-refractivity contribution < 1.29 is 0 Å². The van der Waals surface area contributed by atoms with Crippen molar-refractivity contribution in [3.63, 3.8) is 0 Å². The number of hydrogen-bond donors (Lipinski definition) is 1. The molecule has 1 heterocycles. The zero-order chi connectivity index (χ0) is 15.9. The monoisotopic (exact) mass is 305 g/mol. The van der Waals surface area contributed by atoms with Gasteiger partial charge in [0.1, 0.15) is 5.82 Å². The summed E-state index contributed by atoms with van der Waals surface area (Å²) in [7, 11) is 0. The summed E-state index contributed by atoms with van der Waals surface area (Å²) in [6, 6.07) is 19.1. The van der Waals surface area contributed by atoms with E-state index in [1.54, 1.807) is 0 Å². The molecule has 3 rings (SSSR count). The second-order valence-electron chi connectivity index (χ2n) is 5.83. The quantitative estimate of drug-likeness (QED) is 0.725. The standard InChI is InChI=1S/C20H23N3/c21-15-18-9-11-19(12-10-18)16-23-14-13-22-20(23)8-4-7-17-5-2-1-3-6-17/h1-3,5-6,9-14H,4,7-8,15-16,21H2. The van der Waals surface area contributed by atoms with Crippen molar-refractivity contribution >= 4 is 0 Å². The van der Waals surface area contributed by atoms with Gasteiger partial charge >= 0.3 is 0 Å². The van der Waals surface area contributed by atoms with Crippen LogP contribution in [0.25, 0.3) is 0 Å². The molecule has 1 aromatic heterocycles. The molecule has 0 saturated carbocycles. The van der Waals surface area contributed by atoms with E-state index in [9.17, 15) is 0 Å². The zero-order valence-corrected chi connectivity index (χ0v) is 13.4. The number of aryl methyl sites for hydroxylation is 2. The molecule has 0 spiro atoms. The van der Waals surface area contributed by atoms with Crippen molar-refractivity contribution in [2.24, 2.45) is 5.73 Å². The van der Waals surface area contributed by atoms with Crippen molar-refractivity contribution in [2.75, 3.05) is 0 Å². The fourth-order valence-corrected chi connectivity index (χ4v) is 2.78. The number of rotatable bonds is 7. The first-order valence-electron chi connectivity index (χ1n) is 8.17. The summed E-state index contributed by atoms with van der Waals surface area (Å²) >= 11 is 0. The van der Waals surface area contributed by atoms with Crippen molar-refractivity contribution in [1.82, 2.24) is 9.55 Å². The van der Waals surface area contributed by atoms with E-state index in [0.717, 1.165) is 31.6 Å². The van der Waals surface area contributed by atoms with E-state index in [0.29, 0.717) is 6.54 Å². The summed E-state index contributed by atoms with van der Waals surface area (Å²) < 4.78 is 2.24. The predicted molar refractivity (Wildman–Crippen MR) is 94.1 cm³/mol. The molecular formula is C20H23N3. The van der Waals surface area contributed by atoms with E-state index in [-0.39, 0.29) is 0 Å². The Bertz CT molecular complexity index is 714. The molecule has 2 aromatic carbocycles. The van der Waals surface area contributed by atoms with Gasteiger partial charge in [-0.2, -0.15) is 0 Å². The Morgan fingerprint density at radius 3 is 2.30 bits per heavy atom. The third-order valence-electron chi connectivity index (χ3n) is 4.12. The molecule has 0 radical (unpaired) electrons. The van der Waals surface area contributed by atoms with Gasteiger partial charge in [-0.25, -0.2) is 4.98 Å². The smallest absolute Gasteiger partial charge is 0.108 e. The molecule has 3 heteroatoms. The molecule has 0 aliphatic heterocycles. The van der Waals surface area contributed by atoms with Gasteiger partial charge in [0.2, 0.25) is 0 Å². The second-order valence-corrected chi connectivity index (χ2v) is 5.83. The van der Waals surface area contributed by atoms with Gasteiger partial charge in [-0.15, -0.1) is 0 Å². The van der Waals surface area contributed by atoms with Crippen molar-refractivity contribution in [1.29, 1.82) is 0 Å². The van der Waals surface area contributed by atoms with E-state index < -0.39 is 0 Å². The predicted octanol–water partition coefficient (Wildman–Crippen LogP) is 3.57. The molecule has 3 nitrogen and oxygen atoms in total. The summed E-state index contributed by atoms with van der Waals surface area (Å²) in [5.41, 5.74) is 9.49. The summed E-state index contributed by atoms with van der Waals surface area (Å²) in [5, 5.41) is 0. The van der Waals surface area contributed by atoms with Crippen LogP contribution in [0.15, 0.2) is 67.0 Å². The number of aromatic nitrogens is 2. The Morgan fingerprint density at radius 2 is 1.57 bits per heavy atom. The van der Waals surface area contributed by atoms with E-state index in [4.69, 9.17) is 5.73 Å². The number of benzene rings is 2. The highest BCUT2D eigenvalue weighted by atomic mass is 15.1. The van der Waals surface area contributed by atoms with Crippen LogP contribution >= 0.6 is 0 Å². The van der Waals surface area contributed by atoms with E-state index in [1.165, 1.54) is 16.7 Å². The second kappa shape index (κ2) is 7.75. The number of imidazole rings is 1. The molecule has 0 fully saturated rings. The maximum Gasteiger partial charge on any atom is 0.108 e. The molecular weight excluding hydrogens is 282 g/mol. The highest BCUT2D eigenvalue weighted by Gasteiger charge is 2.04. The van der Waals surface area contributed by atoms with Crippen LogP contribution in [-0.4, -0.2) is 9.55 Å². The summed E-state index contributed by atoms with van der Waals surface area (Å²) in [5.74, 6) is 1.16.